The molecule has 0 unspecified atom stereocenters. The predicted octanol–water partition coefficient (Wildman–Crippen LogP) is 4.06. The summed E-state index contributed by atoms with van der Waals surface area (Å²) in [5.74, 6) is 0.536. The molecule has 3 rings (SSSR count). The van der Waals surface area contributed by atoms with E-state index in [2.05, 4.69) is 26.8 Å². The Balaban J connectivity index is 1.57. The number of hydrogen-bond donors (Lipinski definition) is 0. The minimum absolute atomic E-state index is 0.131. The molecule has 2 aromatic rings. The minimum Gasteiger partial charge on any atom is -0.341 e. The molecular weight excluding hydrogens is 389 g/mol. The normalized spacial score (nSPS) is 17.1. The summed E-state index contributed by atoms with van der Waals surface area (Å²) in [6, 6.07) is 17.3. The van der Waals surface area contributed by atoms with Crippen molar-refractivity contribution in [3.8, 4) is 0 Å². The molecule has 4 nitrogen and oxygen atoms in total. The largest absolute Gasteiger partial charge is 0.341 e. The number of aryl methyl sites for hydroxylation is 1. The fraction of sp³-hybridized carbons (Fsp3) is 0.500. The Bertz CT molecular complexity index is 811. The van der Waals surface area contributed by atoms with Crippen LogP contribution in [-0.4, -0.2) is 67.4 Å². The van der Waals surface area contributed by atoms with Crippen molar-refractivity contribution in [2.75, 3.05) is 46.8 Å². The molecule has 0 N–H and O–H groups in total. The molecule has 1 atom stereocenters. The van der Waals surface area contributed by atoms with Gasteiger partial charge in [-0.2, -0.15) is 0 Å². The number of likely N-dealkylation sites (N-methyl/N-ethyl adjacent to an activating group) is 1. The van der Waals surface area contributed by atoms with Crippen LogP contribution in [0.5, 0.6) is 0 Å². The van der Waals surface area contributed by atoms with E-state index in [1.54, 1.807) is 6.07 Å². The van der Waals surface area contributed by atoms with Crippen molar-refractivity contribution in [1.29, 1.82) is 0 Å². The van der Waals surface area contributed by atoms with Gasteiger partial charge in [0.1, 0.15) is 5.82 Å². The van der Waals surface area contributed by atoms with Gasteiger partial charge >= 0.3 is 0 Å². The van der Waals surface area contributed by atoms with Gasteiger partial charge in [-0.1, -0.05) is 48.5 Å². The summed E-state index contributed by atoms with van der Waals surface area (Å²) in [6.45, 7) is 4.95. The third-order valence-corrected chi connectivity index (χ3v) is 6.07. The molecule has 31 heavy (non-hydrogen) atoms. The molecule has 1 aliphatic heterocycles. The lowest BCUT2D eigenvalue weighted by Gasteiger charge is -2.36. The van der Waals surface area contributed by atoms with Crippen LogP contribution in [0.15, 0.2) is 54.6 Å². The van der Waals surface area contributed by atoms with Crippen molar-refractivity contribution < 1.29 is 9.18 Å². The monoisotopic (exact) mass is 425 g/mol. The Morgan fingerprint density at radius 2 is 1.81 bits per heavy atom. The molecule has 0 saturated carbocycles. The lowest BCUT2D eigenvalue weighted by Crippen LogP contribution is -2.44. The Hall–Kier alpha value is -2.24. The predicted molar refractivity (Wildman–Crippen MR) is 124 cm³/mol. The molecule has 5 heteroatoms. The Morgan fingerprint density at radius 1 is 1.06 bits per heavy atom. The average molecular weight is 426 g/mol. The van der Waals surface area contributed by atoms with Gasteiger partial charge in [0, 0.05) is 44.7 Å². The van der Waals surface area contributed by atoms with E-state index in [9.17, 15) is 9.18 Å². The zero-order valence-electron chi connectivity index (χ0n) is 19.0. The highest BCUT2D eigenvalue weighted by atomic mass is 19.1. The zero-order valence-corrected chi connectivity index (χ0v) is 19.0. The fourth-order valence-corrected chi connectivity index (χ4v) is 4.32. The van der Waals surface area contributed by atoms with Gasteiger partial charge in [0.05, 0.1) is 0 Å². The van der Waals surface area contributed by atoms with Gasteiger partial charge in [0.2, 0.25) is 5.91 Å². The van der Waals surface area contributed by atoms with Crippen LogP contribution in [0.1, 0.15) is 30.4 Å². The van der Waals surface area contributed by atoms with Crippen molar-refractivity contribution in [3.63, 3.8) is 0 Å². The number of amides is 1. The van der Waals surface area contributed by atoms with Crippen molar-refractivity contribution in [2.24, 2.45) is 5.92 Å². The second-order valence-electron chi connectivity index (χ2n) is 8.96. The van der Waals surface area contributed by atoms with Crippen molar-refractivity contribution >= 4 is 5.91 Å². The summed E-state index contributed by atoms with van der Waals surface area (Å²) in [4.78, 5) is 19.6. The zero-order chi connectivity index (χ0) is 22.1. The average Bonchev–Trinajstić information content (AvgIpc) is 2.77. The maximum Gasteiger partial charge on any atom is 0.222 e. The molecule has 0 radical (unpaired) electrons. The molecule has 1 amide bonds. The van der Waals surface area contributed by atoms with E-state index in [4.69, 9.17) is 0 Å². The Labute approximate surface area is 186 Å². The SMILES string of the molecule is CN(C)CCN(C[C@@H]1CCCN(Cc2ccccc2F)C1)C(=O)CCc1ccccc1. The molecule has 2 aromatic carbocycles. The lowest BCUT2D eigenvalue weighted by atomic mass is 9.96. The van der Waals surface area contributed by atoms with Gasteiger partial charge in [-0.3, -0.25) is 9.69 Å². The molecule has 1 aliphatic rings. The lowest BCUT2D eigenvalue weighted by molar-refractivity contribution is -0.132. The summed E-state index contributed by atoms with van der Waals surface area (Å²) in [6.07, 6.45) is 3.54. The van der Waals surface area contributed by atoms with Crippen LogP contribution in [-0.2, 0) is 17.8 Å². The number of halogens is 1. The number of likely N-dealkylation sites (tertiary alicyclic amines) is 1. The van der Waals surface area contributed by atoms with Gasteiger partial charge in [0.25, 0.3) is 0 Å². The summed E-state index contributed by atoms with van der Waals surface area (Å²) in [7, 11) is 4.09. The molecule has 0 bridgehead atoms. The van der Waals surface area contributed by atoms with E-state index < -0.39 is 0 Å². The van der Waals surface area contributed by atoms with Crippen molar-refractivity contribution in [1.82, 2.24) is 14.7 Å². The molecule has 168 valence electrons. The maximum absolute atomic E-state index is 14.1. The number of nitrogens with zero attached hydrogens (tertiary/aromatic N) is 3. The van der Waals surface area contributed by atoms with E-state index in [-0.39, 0.29) is 11.7 Å². The topological polar surface area (TPSA) is 26.8 Å². The van der Waals surface area contributed by atoms with Gasteiger partial charge in [-0.25, -0.2) is 4.39 Å². The standard InChI is InChI=1S/C26H36FN3O/c1-28(2)17-18-30(26(31)15-14-22-9-4-3-5-10-22)20-23-11-8-16-29(19-23)21-24-12-6-7-13-25(24)27/h3-7,9-10,12-13,23H,8,11,14-21H2,1-2H3/t23-/m1/s1. The van der Waals surface area contributed by atoms with E-state index >= 15 is 0 Å². The highest BCUT2D eigenvalue weighted by Crippen LogP contribution is 2.21. The number of benzene rings is 2. The smallest absolute Gasteiger partial charge is 0.222 e. The maximum atomic E-state index is 14.1. The fourth-order valence-electron chi connectivity index (χ4n) is 4.32. The van der Waals surface area contributed by atoms with Gasteiger partial charge < -0.3 is 9.80 Å². The van der Waals surface area contributed by atoms with Crippen molar-refractivity contribution in [3.05, 3.63) is 71.5 Å². The molecule has 0 aromatic heterocycles. The van der Waals surface area contributed by atoms with E-state index in [0.717, 1.165) is 57.5 Å². The summed E-state index contributed by atoms with van der Waals surface area (Å²) < 4.78 is 14.1. The minimum atomic E-state index is -0.131. The van der Waals surface area contributed by atoms with Crippen LogP contribution >= 0.6 is 0 Å². The summed E-state index contributed by atoms with van der Waals surface area (Å²) in [5.41, 5.74) is 1.96. The molecule has 1 saturated heterocycles. The van der Waals surface area contributed by atoms with E-state index in [1.165, 1.54) is 11.6 Å². The molecule has 1 fully saturated rings. The second-order valence-corrected chi connectivity index (χ2v) is 8.96. The first-order valence-electron chi connectivity index (χ1n) is 11.4. The quantitative estimate of drug-likeness (QED) is 0.574. The molecule has 0 aliphatic carbocycles. The Kier molecular flexibility index (Phi) is 9.04. The first kappa shape index (κ1) is 23.4. The number of rotatable bonds is 10. The van der Waals surface area contributed by atoms with Crippen LogP contribution in [0.2, 0.25) is 0 Å². The molecule has 1 heterocycles. The third-order valence-electron chi connectivity index (χ3n) is 6.07. The molecule has 0 spiro atoms. The van der Waals surface area contributed by atoms with E-state index in [1.807, 2.05) is 44.4 Å². The van der Waals surface area contributed by atoms with Crippen molar-refractivity contribution in [2.45, 2.75) is 32.2 Å². The third kappa shape index (κ3) is 7.75. The van der Waals surface area contributed by atoms with Crippen LogP contribution in [0.4, 0.5) is 4.39 Å². The van der Waals surface area contributed by atoms with Gasteiger partial charge in [0.15, 0.2) is 0 Å². The first-order valence-corrected chi connectivity index (χ1v) is 11.4. The van der Waals surface area contributed by atoms with Crippen LogP contribution in [0.3, 0.4) is 0 Å². The number of hydrogen-bond acceptors (Lipinski definition) is 3. The number of carbonyl (C=O) groups excluding carboxylic acids is 1. The highest BCUT2D eigenvalue weighted by Gasteiger charge is 2.25. The van der Waals surface area contributed by atoms with E-state index in [0.29, 0.717) is 18.9 Å². The number of carbonyl (C=O) groups is 1. The van der Waals surface area contributed by atoms with Crippen LogP contribution in [0, 0.1) is 11.7 Å². The first-order chi connectivity index (χ1) is 15.0. The van der Waals surface area contributed by atoms with Crippen LogP contribution < -0.4 is 0 Å². The molecular formula is C26H36FN3O. The second kappa shape index (κ2) is 12.0. The number of piperidine rings is 1. The van der Waals surface area contributed by atoms with Crippen LogP contribution in [0.25, 0.3) is 0 Å². The summed E-state index contributed by atoms with van der Waals surface area (Å²) >= 11 is 0. The highest BCUT2D eigenvalue weighted by molar-refractivity contribution is 5.76. The van der Waals surface area contributed by atoms with Gasteiger partial charge in [-0.05, 0) is 57.5 Å². The van der Waals surface area contributed by atoms with Gasteiger partial charge in [-0.15, -0.1) is 0 Å². The Morgan fingerprint density at radius 3 is 2.55 bits per heavy atom. The summed E-state index contributed by atoms with van der Waals surface area (Å²) in [5, 5.41) is 0.